The summed E-state index contributed by atoms with van der Waals surface area (Å²) in [4.78, 5) is 27.4. The van der Waals surface area contributed by atoms with Crippen molar-refractivity contribution in [2.75, 3.05) is 23.7 Å². The SMILES string of the molecule is CC(C)CNC(=O)[C@@H](C)N(Cc1ccc(Cl)cc1Cl)C(=O)CN(c1cccc(F)c1)S(C)(=O)=O. The minimum Gasteiger partial charge on any atom is -0.354 e. The van der Waals surface area contributed by atoms with Crippen molar-refractivity contribution in [2.45, 2.75) is 33.4 Å². The zero-order valence-electron chi connectivity index (χ0n) is 19.4. The van der Waals surface area contributed by atoms with E-state index in [0.29, 0.717) is 22.2 Å². The average molecular weight is 532 g/mol. The topological polar surface area (TPSA) is 86.8 Å². The molecule has 0 radical (unpaired) electrons. The number of benzene rings is 2. The van der Waals surface area contributed by atoms with Crippen molar-refractivity contribution in [3.8, 4) is 0 Å². The summed E-state index contributed by atoms with van der Waals surface area (Å²) in [6.07, 6.45) is 0.921. The Balaban J connectivity index is 2.40. The number of nitrogens with zero attached hydrogens (tertiary/aromatic N) is 2. The first kappa shape index (κ1) is 27.9. The highest BCUT2D eigenvalue weighted by molar-refractivity contribution is 7.92. The molecule has 186 valence electrons. The minimum absolute atomic E-state index is 0.00256. The van der Waals surface area contributed by atoms with E-state index in [9.17, 15) is 22.4 Å². The fourth-order valence-electron chi connectivity index (χ4n) is 3.11. The van der Waals surface area contributed by atoms with Crippen LogP contribution in [-0.2, 0) is 26.2 Å². The van der Waals surface area contributed by atoms with Crippen LogP contribution in [0.3, 0.4) is 0 Å². The number of amides is 2. The number of carbonyl (C=O) groups is 2. The van der Waals surface area contributed by atoms with Crippen LogP contribution >= 0.6 is 23.2 Å². The highest BCUT2D eigenvalue weighted by Gasteiger charge is 2.30. The molecule has 0 bridgehead atoms. The van der Waals surface area contributed by atoms with E-state index in [-0.39, 0.29) is 18.2 Å². The highest BCUT2D eigenvalue weighted by Crippen LogP contribution is 2.24. The third kappa shape index (κ3) is 7.85. The molecular formula is C23H28Cl2FN3O4S. The molecule has 1 atom stereocenters. The van der Waals surface area contributed by atoms with Crippen molar-refractivity contribution in [2.24, 2.45) is 5.92 Å². The van der Waals surface area contributed by atoms with Crippen LogP contribution in [0.4, 0.5) is 10.1 Å². The van der Waals surface area contributed by atoms with Crippen LogP contribution in [0.15, 0.2) is 42.5 Å². The van der Waals surface area contributed by atoms with Crippen molar-refractivity contribution >= 4 is 50.7 Å². The molecule has 0 aliphatic heterocycles. The Morgan fingerprint density at radius 1 is 1.09 bits per heavy atom. The van der Waals surface area contributed by atoms with E-state index in [2.05, 4.69) is 5.32 Å². The predicted molar refractivity (Wildman–Crippen MR) is 133 cm³/mol. The van der Waals surface area contributed by atoms with E-state index in [1.54, 1.807) is 19.1 Å². The van der Waals surface area contributed by atoms with E-state index in [1.165, 1.54) is 29.2 Å². The zero-order chi connectivity index (χ0) is 25.6. The number of halogens is 3. The molecule has 7 nitrogen and oxygen atoms in total. The maximum atomic E-state index is 13.8. The molecule has 0 heterocycles. The van der Waals surface area contributed by atoms with E-state index < -0.39 is 40.2 Å². The normalized spacial score (nSPS) is 12.4. The summed E-state index contributed by atoms with van der Waals surface area (Å²) in [7, 11) is -3.94. The predicted octanol–water partition coefficient (Wildman–Crippen LogP) is 4.09. The number of carbonyl (C=O) groups excluding carboxylic acids is 2. The lowest BCUT2D eigenvalue weighted by Crippen LogP contribution is -2.51. The zero-order valence-corrected chi connectivity index (χ0v) is 21.7. The van der Waals surface area contributed by atoms with Crippen molar-refractivity contribution in [1.82, 2.24) is 10.2 Å². The van der Waals surface area contributed by atoms with E-state index >= 15 is 0 Å². The Kier molecular flexibility index (Phi) is 9.73. The van der Waals surface area contributed by atoms with Crippen LogP contribution in [0, 0.1) is 11.7 Å². The Morgan fingerprint density at radius 3 is 2.32 bits per heavy atom. The standard InChI is InChI=1S/C23H28Cl2FN3O4S/c1-15(2)12-27-23(31)16(3)28(13-17-8-9-18(24)10-21(17)25)22(30)14-29(34(4,32)33)20-7-5-6-19(26)11-20/h5-11,15-16H,12-14H2,1-4H3,(H,27,31)/t16-/m1/s1. The van der Waals surface area contributed by atoms with Crippen molar-refractivity contribution in [3.05, 3.63) is 63.9 Å². The lowest BCUT2D eigenvalue weighted by molar-refractivity contribution is -0.139. The van der Waals surface area contributed by atoms with Gasteiger partial charge >= 0.3 is 0 Å². The van der Waals surface area contributed by atoms with Crippen LogP contribution in [0.2, 0.25) is 10.0 Å². The first-order chi connectivity index (χ1) is 15.8. The minimum atomic E-state index is -3.94. The molecule has 2 aromatic rings. The monoisotopic (exact) mass is 531 g/mol. The second kappa shape index (κ2) is 11.9. The second-order valence-electron chi connectivity index (χ2n) is 8.32. The van der Waals surface area contributed by atoms with Crippen LogP contribution in [0.5, 0.6) is 0 Å². The summed E-state index contributed by atoms with van der Waals surface area (Å²) in [6.45, 7) is 5.13. The summed E-state index contributed by atoms with van der Waals surface area (Å²) in [5.41, 5.74) is 0.525. The molecule has 0 unspecified atom stereocenters. The fraction of sp³-hybridized carbons (Fsp3) is 0.391. The molecule has 0 aliphatic carbocycles. The van der Waals surface area contributed by atoms with Gasteiger partial charge in [0.1, 0.15) is 18.4 Å². The molecular weight excluding hydrogens is 504 g/mol. The third-order valence-electron chi connectivity index (χ3n) is 4.98. The number of anilines is 1. The molecule has 2 aromatic carbocycles. The van der Waals surface area contributed by atoms with Crippen LogP contribution in [-0.4, -0.2) is 50.5 Å². The summed E-state index contributed by atoms with van der Waals surface area (Å²) in [5.74, 6) is -1.51. The number of hydrogen-bond acceptors (Lipinski definition) is 4. The highest BCUT2D eigenvalue weighted by atomic mass is 35.5. The fourth-order valence-corrected chi connectivity index (χ4v) is 4.42. The molecule has 0 aromatic heterocycles. The summed E-state index contributed by atoms with van der Waals surface area (Å²) < 4.78 is 39.5. The molecule has 0 saturated carbocycles. The van der Waals surface area contributed by atoms with Gasteiger partial charge in [-0.15, -0.1) is 0 Å². The van der Waals surface area contributed by atoms with Crippen molar-refractivity contribution in [1.29, 1.82) is 0 Å². The van der Waals surface area contributed by atoms with Gasteiger partial charge in [0.2, 0.25) is 21.8 Å². The van der Waals surface area contributed by atoms with Gasteiger partial charge in [-0.25, -0.2) is 12.8 Å². The van der Waals surface area contributed by atoms with Gasteiger partial charge in [0.15, 0.2) is 0 Å². The van der Waals surface area contributed by atoms with Gasteiger partial charge < -0.3 is 10.2 Å². The molecule has 0 fully saturated rings. The van der Waals surface area contributed by atoms with Crippen molar-refractivity contribution in [3.63, 3.8) is 0 Å². The van der Waals surface area contributed by atoms with Gasteiger partial charge in [0, 0.05) is 23.1 Å². The Hall–Kier alpha value is -2.36. The van der Waals surface area contributed by atoms with Crippen LogP contribution < -0.4 is 9.62 Å². The molecule has 34 heavy (non-hydrogen) atoms. The average Bonchev–Trinajstić information content (AvgIpc) is 2.73. The first-order valence-corrected chi connectivity index (χ1v) is 13.1. The van der Waals surface area contributed by atoms with Gasteiger partial charge in [-0.1, -0.05) is 49.2 Å². The third-order valence-corrected chi connectivity index (χ3v) is 6.71. The molecule has 0 spiro atoms. The number of nitrogens with one attached hydrogen (secondary N) is 1. The molecule has 1 N–H and O–H groups in total. The molecule has 0 saturated heterocycles. The van der Waals surface area contributed by atoms with Gasteiger partial charge in [-0.3, -0.25) is 13.9 Å². The Bertz CT molecular complexity index is 1140. The summed E-state index contributed by atoms with van der Waals surface area (Å²) >= 11 is 12.3. The smallest absolute Gasteiger partial charge is 0.244 e. The van der Waals surface area contributed by atoms with Gasteiger partial charge in [-0.05, 0) is 48.7 Å². The van der Waals surface area contributed by atoms with Gasteiger partial charge in [-0.2, -0.15) is 0 Å². The van der Waals surface area contributed by atoms with E-state index in [4.69, 9.17) is 23.2 Å². The van der Waals surface area contributed by atoms with E-state index in [1.807, 2.05) is 13.8 Å². The lowest BCUT2D eigenvalue weighted by Gasteiger charge is -2.31. The number of hydrogen-bond donors (Lipinski definition) is 1. The largest absolute Gasteiger partial charge is 0.354 e. The lowest BCUT2D eigenvalue weighted by atomic mass is 10.1. The van der Waals surface area contributed by atoms with Crippen molar-refractivity contribution < 1.29 is 22.4 Å². The van der Waals surface area contributed by atoms with Gasteiger partial charge in [0.25, 0.3) is 0 Å². The van der Waals surface area contributed by atoms with Crippen LogP contribution in [0.25, 0.3) is 0 Å². The molecule has 0 aliphatic rings. The molecule has 11 heteroatoms. The maximum absolute atomic E-state index is 13.8. The molecule has 2 rings (SSSR count). The Labute approximate surface area is 209 Å². The first-order valence-electron chi connectivity index (χ1n) is 10.5. The number of sulfonamides is 1. The Morgan fingerprint density at radius 2 is 1.76 bits per heavy atom. The van der Waals surface area contributed by atoms with Gasteiger partial charge in [0.05, 0.1) is 11.9 Å². The summed E-state index contributed by atoms with van der Waals surface area (Å²) in [6, 6.07) is 8.73. The number of rotatable bonds is 10. The van der Waals surface area contributed by atoms with E-state index in [0.717, 1.165) is 16.6 Å². The summed E-state index contributed by atoms with van der Waals surface area (Å²) in [5, 5.41) is 3.48. The molecule has 2 amide bonds. The second-order valence-corrected chi connectivity index (χ2v) is 11.1. The van der Waals surface area contributed by atoms with Crippen LogP contribution in [0.1, 0.15) is 26.3 Å². The maximum Gasteiger partial charge on any atom is 0.244 e. The quantitative estimate of drug-likeness (QED) is 0.500.